The summed E-state index contributed by atoms with van der Waals surface area (Å²) in [5, 5.41) is 3.19. The number of fused-ring (bicyclic) bond motifs is 1. The van der Waals surface area contributed by atoms with E-state index in [1.807, 2.05) is 46.0 Å². The molecule has 1 N–H and O–H groups in total. The van der Waals surface area contributed by atoms with Gasteiger partial charge in [-0.2, -0.15) is 0 Å². The first-order valence-electron chi connectivity index (χ1n) is 6.83. The summed E-state index contributed by atoms with van der Waals surface area (Å²) >= 11 is 0. The predicted molar refractivity (Wildman–Crippen MR) is 76.8 cm³/mol. The van der Waals surface area contributed by atoms with Crippen LogP contribution in [0.1, 0.15) is 26.3 Å². The standard InChI is InChI=1S/C15H22N2O3/c1-5-16-15(2,3)14(18)17(4)9-11-6-7-12-13(8-11)20-10-19-12/h6-8,16H,5,9-10H2,1-4H3. The zero-order chi connectivity index (χ0) is 14.8. The number of amides is 1. The van der Waals surface area contributed by atoms with Crippen molar-refractivity contribution in [2.24, 2.45) is 0 Å². The van der Waals surface area contributed by atoms with Crippen molar-refractivity contribution in [2.75, 3.05) is 20.4 Å². The largest absolute Gasteiger partial charge is 0.454 e. The summed E-state index contributed by atoms with van der Waals surface area (Å²) in [5.41, 5.74) is 0.470. The Balaban J connectivity index is 2.04. The molecule has 0 saturated heterocycles. The topological polar surface area (TPSA) is 50.8 Å². The molecular formula is C15H22N2O3. The molecule has 0 atom stereocenters. The normalized spacial score (nSPS) is 13.4. The summed E-state index contributed by atoms with van der Waals surface area (Å²) in [4.78, 5) is 14.1. The van der Waals surface area contributed by atoms with Gasteiger partial charge in [-0.1, -0.05) is 13.0 Å². The molecule has 0 aromatic heterocycles. The lowest BCUT2D eigenvalue weighted by Crippen LogP contribution is -2.52. The molecule has 1 aromatic carbocycles. The van der Waals surface area contributed by atoms with E-state index in [1.165, 1.54) is 0 Å². The second-order valence-corrected chi connectivity index (χ2v) is 5.50. The molecule has 0 saturated carbocycles. The van der Waals surface area contributed by atoms with Crippen LogP contribution in [-0.4, -0.2) is 36.7 Å². The highest BCUT2D eigenvalue weighted by molar-refractivity contribution is 5.85. The molecule has 5 heteroatoms. The maximum absolute atomic E-state index is 12.4. The molecule has 0 unspecified atom stereocenters. The third kappa shape index (κ3) is 3.04. The Hall–Kier alpha value is -1.75. The molecule has 0 aliphatic carbocycles. The van der Waals surface area contributed by atoms with Crippen LogP contribution in [0.15, 0.2) is 18.2 Å². The van der Waals surface area contributed by atoms with Gasteiger partial charge in [0.25, 0.3) is 0 Å². The van der Waals surface area contributed by atoms with Crippen molar-refractivity contribution < 1.29 is 14.3 Å². The number of likely N-dealkylation sites (N-methyl/N-ethyl adjacent to an activating group) is 2. The zero-order valence-corrected chi connectivity index (χ0v) is 12.5. The van der Waals surface area contributed by atoms with E-state index in [0.29, 0.717) is 6.54 Å². The van der Waals surface area contributed by atoms with Crippen molar-refractivity contribution in [3.8, 4) is 11.5 Å². The maximum Gasteiger partial charge on any atom is 0.242 e. The van der Waals surface area contributed by atoms with E-state index < -0.39 is 5.54 Å². The van der Waals surface area contributed by atoms with Gasteiger partial charge in [0.15, 0.2) is 11.5 Å². The van der Waals surface area contributed by atoms with Crippen LogP contribution in [0.3, 0.4) is 0 Å². The van der Waals surface area contributed by atoms with Crippen molar-refractivity contribution in [1.82, 2.24) is 10.2 Å². The van der Waals surface area contributed by atoms with E-state index in [9.17, 15) is 4.79 Å². The first kappa shape index (κ1) is 14.7. The third-order valence-electron chi connectivity index (χ3n) is 3.36. The fraction of sp³-hybridized carbons (Fsp3) is 0.533. The Labute approximate surface area is 119 Å². The minimum atomic E-state index is -0.556. The molecule has 1 aliphatic rings. The highest BCUT2D eigenvalue weighted by atomic mass is 16.7. The molecule has 5 nitrogen and oxygen atoms in total. The summed E-state index contributed by atoms with van der Waals surface area (Å²) in [5.74, 6) is 1.57. The van der Waals surface area contributed by atoms with Gasteiger partial charge in [-0.25, -0.2) is 0 Å². The molecular weight excluding hydrogens is 256 g/mol. The first-order chi connectivity index (χ1) is 9.44. The van der Waals surface area contributed by atoms with Gasteiger partial charge in [0.2, 0.25) is 12.7 Å². The summed E-state index contributed by atoms with van der Waals surface area (Å²) < 4.78 is 10.6. The molecule has 20 heavy (non-hydrogen) atoms. The monoisotopic (exact) mass is 278 g/mol. The highest BCUT2D eigenvalue weighted by Gasteiger charge is 2.29. The van der Waals surface area contributed by atoms with Crippen molar-refractivity contribution in [3.63, 3.8) is 0 Å². The van der Waals surface area contributed by atoms with E-state index in [4.69, 9.17) is 9.47 Å². The number of benzene rings is 1. The fourth-order valence-corrected chi connectivity index (χ4v) is 2.38. The van der Waals surface area contributed by atoms with Crippen molar-refractivity contribution >= 4 is 5.91 Å². The van der Waals surface area contributed by atoms with E-state index >= 15 is 0 Å². The van der Waals surface area contributed by atoms with Crippen molar-refractivity contribution in [1.29, 1.82) is 0 Å². The smallest absolute Gasteiger partial charge is 0.242 e. The van der Waals surface area contributed by atoms with Gasteiger partial charge in [0.05, 0.1) is 5.54 Å². The number of carbonyl (C=O) groups excluding carboxylic acids is 1. The van der Waals surface area contributed by atoms with Crippen LogP contribution in [0.4, 0.5) is 0 Å². The lowest BCUT2D eigenvalue weighted by molar-refractivity contribution is -0.136. The van der Waals surface area contributed by atoms with Gasteiger partial charge in [-0.3, -0.25) is 4.79 Å². The SMILES string of the molecule is CCNC(C)(C)C(=O)N(C)Cc1ccc2c(c1)OCO2. The van der Waals surface area contributed by atoms with Crippen LogP contribution in [0.2, 0.25) is 0 Å². The molecule has 0 bridgehead atoms. The van der Waals surface area contributed by atoms with Gasteiger partial charge < -0.3 is 19.7 Å². The Morgan fingerprint density at radius 2 is 2.05 bits per heavy atom. The molecule has 1 aromatic rings. The van der Waals surface area contributed by atoms with Crippen LogP contribution >= 0.6 is 0 Å². The Bertz CT molecular complexity index is 500. The summed E-state index contributed by atoms with van der Waals surface area (Å²) in [6.45, 7) is 7.36. The Morgan fingerprint density at radius 1 is 1.35 bits per heavy atom. The third-order valence-corrected chi connectivity index (χ3v) is 3.36. The molecule has 110 valence electrons. The number of carbonyl (C=O) groups is 1. The van der Waals surface area contributed by atoms with Gasteiger partial charge in [-0.15, -0.1) is 0 Å². The number of rotatable bonds is 5. The zero-order valence-electron chi connectivity index (χ0n) is 12.5. The lowest BCUT2D eigenvalue weighted by Gasteiger charge is -2.30. The molecule has 0 spiro atoms. The number of hydrogen-bond acceptors (Lipinski definition) is 4. The van der Waals surface area contributed by atoms with E-state index in [0.717, 1.165) is 23.6 Å². The minimum Gasteiger partial charge on any atom is -0.454 e. The number of nitrogens with one attached hydrogen (secondary N) is 1. The highest BCUT2D eigenvalue weighted by Crippen LogP contribution is 2.32. The van der Waals surface area contributed by atoms with Crippen molar-refractivity contribution in [3.05, 3.63) is 23.8 Å². The summed E-state index contributed by atoms with van der Waals surface area (Å²) in [6.07, 6.45) is 0. The number of ether oxygens (including phenoxy) is 2. The van der Waals surface area contributed by atoms with Gasteiger partial charge in [-0.05, 0) is 38.1 Å². The van der Waals surface area contributed by atoms with Crippen LogP contribution < -0.4 is 14.8 Å². The Kier molecular flexibility index (Phi) is 4.18. The molecule has 0 fully saturated rings. The lowest BCUT2D eigenvalue weighted by atomic mass is 10.0. The number of hydrogen-bond donors (Lipinski definition) is 1. The quantitative estimate of drug-likeness (QED) is 0.891. The fourth-order valence-electron chi connectivity index (χ4n) is 2.38. The Morgan fingerprint density at radius 3 is 2.75 bits per heavy atom. The maximum atomic E-state index is 12.4. The predicted octanol–water partition coefficient (Wildman–Crippen LogP) is 1.76. The van der Waals surface area contributed by atoms with Gasteiger partial charge in [0, 0.05) is 13.6 Å². The van der Waals surface area contributed by atoms with E-state index in [-0.39, 0.29) is 12.7 Å². The summed E-state index contributed by atoms with van der Waals surface area (Å²) in [7, 11) is 1.81. The van der Waals surface area contributed by atoms with E-state index in [1.54, 1.807) is 4.90 Å². The van der Waals surface area contributed by atoms with Gasteiger partial charge >= 0.3 is 0 Å². The molecule has 1 aliphatic heterocycles. The van der Waals surface area contributed by atoms with Crippen LogP contribution in [-0.2, 0) is 11.3 Å². The van der Waals surface area contributed by atoms with E-state index in [2.05, 4.69) is 5.32 Å². The van der Waals surface area contributed by atoms with Crippen LogP contribution in [0.5, 0.6) is 11.5 Å². The molecule has 1 amide bonds. The molecule has 1 heterocycles. The van der Waals surface area contributed by atoms with Crippen molar-refractivity contribution in [2.45, 2.75) is 32.9 Å². The molecule has 2 rings (SSSR count). The summed E-state index contributed by atoms with van der Waals surface area (Å²) in [6, 6.07) is 5.76. The average Bonchev–Trinajstić information content (AvgIpc) is 2.85. The number of nitrogens with zero attached hydrogens (tertiary/aromatic N) is 1. The van der Waals surface area contributed by atoms with Gasteiger partial charge in [0.1, 0.15) is 0 Å². The second-order valence-electron chi connectivity index (χ2n) is 5.50. The minimum absolute atomic E-state index is 0.0667. The average molecular weight is 278 g/mol. The molecule has 0 radical (unpaired) electrons. The first-order valence-corrected chi connectivity index (χ1v) is 6.83. The van der Waals surface area contributed by atoms with Crippen LogP contribution in [0.25, 0.3) is 0 Å². The van der Waals surface area contributed by atoms with Crippen LogP contribution in [0, 0.1) is 0 Å². The second kappa shape index (κ2) is 5.71.